The van der Waals surface area contributed by atoms with Crippen LogP contribution in [0.1, 0.15) is 39.0 Å². The topological polar surface area (TPSA) is 40.4 Å². The Labute approximate surface area is 152 Å². The van der Waals surface area contributed by atoms with Crippen molar-refractivity contribution in [3.63, 3.8) is 0 Å². The van der Waals surface area contributed by atoms with Crippen molar-refractivity contribution >= 4 is 17.5 Å². The van der Waals surface area contributed by atoms with Gasteiger partial charge < -0.3 is 14.5 Å². The molecule has 0 aliphatic carbocycles. The van der Waals surface area contributed by atoms with E-state index < -0.39 is 0 Å². The summed E-state index contributed by atoms with van der Waals surface area (Å²) in [5.74, 6) is 1.89. The summed E-state index contributed by atoms with van der Waals surface area (Å²) >= 11 is 0. The van der Waals surface area contributed by atoms with Crippen molar-refractivity contribution < 1.29 is 4.74 Å². The molecule has 0 aromatic heterocycles. The van der Waals surface area contributed by atoms with Crippen molar-refractivity contribution in [2.75, 3.05) is 40.4 Å². The fraction of sp³-hybridized carbons (Fsp3) is 0.600. The summed E-state index contributed by atoms with van der Waals surface area (Å²) in [4.78, 5) is 14.1. The van der Waals surface area contributed by atoms with E-state index in [-0.39, 0.29) is 0 Å². The van der Waals surface area contributed by atoms with Crippen LogP contribution in [-0.2, 0) is 4.74 Å². The van der Waals surface area contributed by atoms with E-state index >= 15 is 0 Å². The molecule has 1 heterocycles. The van der Waals surface area contributed by atoms with Gasteiger partial charge in [-0.15, -0.1) is 0 Å². The van der Waals surface area contributed by atoms with E-state index in [9.17, 15) is 0 Å². The number of hydrogen-bond acceptors (Lipinski definition) is 2. The molecule has 138 valence electrons. The van der Waals surface area contributed by atoms with Crippen molar-refractivity contribution in [1.29, 1.82) is 0 Å². The van der Waals surface area contributed by atoms with E-state index in [2.05, 4.69) is 30.8 Å². The van der Waals surface area contributed by atoms with E-state index in [0.717, 1.165) is 50.2 Å². The Morgan fingerprint density at radius 2 is 1.80 bits per heavy atom. The Balaban J connectivity index is 2.20. The highest BCUT2D eigenvalue weighted by Crippen LogP contribution is 2.14. The SMILES string of the molecule is CCCCCC/C(=N\C(=Nc1ccccc1)N1CCOCC1)N(C)C. The number of unbranched alkanes of at least 4 members (excludes halogenated alkanes) is 3. The number of morpholine rings is 1. The van der Waals surface area contributed by atoms with E-state index in [1.54, 1.807) is 0 Å². The van der Waals surface area contributed by atoms with Crippen LogP contribution in [0.25, 0.3) is 0 Å². The minimum absolute atomic E-state index is 0.733. The van der Waals surface area contributed by atoms with Gasteiger partial charge in [0.15, 0.2) is 0 Å². The van der Waals surface area contributed by atoms with Gasteiger partial charge in [0.1, 0.15) is 5.84 Å². The maximum Gasteiger partial charge on any atom is 0.227 e. The van der Waals surface area contributed by atoms with Gasteiger partial charge in [0.05, 0.1) is 18.9 Å². The number of guanidine groups is 1. The number of amidine groups is 1. The van der Waals surface area contributed by atoms with Gasteiger partial charge in [0.25, 0.3) is 0 Å². The van der Waals surface area contributed by atoms with E-state index in [0.29, 0.717) is 0 Å². The van der Waals surface area contributed by atoms with Crippen molar-refractivity contribution in [3.8, 4) is 0 Å². The van der Waals surface area contributed by atoms with Gasteiger partial charge in [0, 0.05) is 33.6 Å². The summed E-state index contributed by atoms with van der Waals surface area (Å²) in [7, 11) is 4.14. The summed E-state index contributed by atoms with van der Waals surface area (Å²) in [5.41, 5.74) is 0.942. The molecule has 25 heavy (non-hydrogen) atoms. The Bertz CT molecular complexity index is 548. The van der Waals surface area contributed by atoms with Crippen LogP contribution >= 0.6 is 0 Å². The van der Waals surface area contributed by atoms with E-state index in [1.165, 1.54) is 25.7 Å². The molecule has 0 bridgehead atoms. The normalized spacial score (nSPS) is 16.2. The molecule has 0 radical (unpaired) electrons. The monoisotopic (exact) mass is 344 g/mol. The minimum Gasteiger partial charge on any atom is -0.378 e. The van der Waals surface area contributed by atoms with Crippen LogP contribution in [0.4, 0.5) is 5.69 Å². The third-order valence-electron chi connectivity index (χ3n) is 4.28. The second-order valence-electron chi connectivity index (χ2n) is 6.58. The molecule has 5 heteroatoms. The molecule has 5 nitrogen and oxygen atoms in total. The molecule has 0 atom stereocenters. The maximum atomic E-state index is 5.49. The van der Waals surface area contributed by atoms with Crippen LogP contribution in [0.2, 0.25) is 0 Å². The molecule has 1 aliphatic rings. The van der Waals surface area contributed by atoms with Gasteiger partial charge in [-0.2, -0.15) is 0 Å². The number of rotatable bonds is 6. The van der Waals surface area contributed by atoms with Crippen molar-refractivity contribution in [1.82, 2.24) is 9.80 Å². The summed E-state index contributed by atoms with van der Waals surface area (Å²) in [6.45, 7) is 5.38. The zero-order valence-electron chi connectivity index (χ0n) is 15.9. The smallest absolute Gasteiger partial charge is 0.227 e. The molecule has 1 aromatic rings. The van der Waals surface area contributed by atoms with E-state index in [4.69, 9.17) is 14.7 Å². The van der Waals surface area contributed by atoms with Crippen LogP contribution in [0, 0.1) is 0 Å². The van der Waals surface area contributed by atoms with Gasteiger partial charge in [0.2, 0.25) is 5.96 Å². The lowest BCUT2D eigenvalue weighted by atomic mass is 10.1. The summed E-state index contributed by atoms with van der Waals surface area (Å²) in [5, 5.41) is 0. The Morgan fingerprint density at radius 3 is 2.44 bits per heavy atom. The highest BCUT2D eigenvalue weighted by molar-refractivity contribution is 5.96. The molecule has 0 unspecified atom stereocenters. The first-order valence-corrected chi connectivity index (χ1v) is 9.42. The van der Waals surface area contributed by atoms with Crippen molar-refractivity contribution in [2.45, 2.75) is 39.0 Å². The molecule has 1 aromatic carbocycles. The molecule has 1 aliphatic heterocycles. The molecule has 0 amide bonds. The number of ether oxygens (including phenoxy) is 1. The molecule has 0 N–H and O–H groups in total. The molecular weight excluding hydrogens is 312 g/mol. The third-order valence-corrected chi connectivity index (χ3v) is 4.28. The molecule has 1 saturated heterocycles. The average Bonchev–Trinajstić information content (AvgIpc) is 2.64. The van der Waals surface area contributed by atoms with Gasteiger partial charge in [-0.1, -0.05) is 44.4 Å². The Morgan fingerprint density at radius 1 is 1.08 bits per heavy atom. The average molecular weight is 345 g/mol. The van der Waals surface area contributed by atoms with Crippen LogP contribution in [0.15, 0.2) is 40.3 Å². The first kappa shape index (κ1) is 19.4. The van der Waals surface area contributed by atoms with Crippen LogP contribution in [0.5, 0.6) is 0 Å². The highest BCUT2D eigenvalue weighted by atomic mass is 16.5. The third kappa shape index (κ3) is 6.86. The van der Waals surface area contributed by atoms with Gasteiger partial charge in [-0.25, -0.2) is 9.98 Å². The van der Waals surface area contributed by atoms with Gasteiger partial charge in [-0.3, -0.25) is 0 Å². The fourth-order valence-electron chi connectivity index (χ4n) is 2.75. The van der Waals surface area contributed by atoms with Crippen LogP contribution in [-0.4, -0.2) is 62.0 Å². The number of benzene rings is 1. The summed E-state index contributed by atoms with van der Waals surface area (Å²) in [6.07, 6.45) is 5.96. The lowest BCUT2D eigenvalue weighted by molar-refractivity contribution is 0.0676. The Hall–Kier alpha value is -1.88. The van der Waals surface area contributed by atoms with Crippen molar-refractivity contribution in [3.05, 3.63) is 30.3 Å². The maximum absolute atomic E-state index is 5.49. The molecule has 0 spiro atoms. The first-order valence-electron chi connectivity index (χ1n) is 9.42. The lowest BCUT2D eigenvalue weighted by Gasteiger charge is -2.28. The van der Waals surface area contributed by atoms with E-state index in [1.807, 2.05) is 30.3 Å². The molecule has 2 rings (SSSR count). The van der Waals surface area contributed by atoms with Gasteiger partial charge >= 0.3 is 0 Å². The van der Waals surface area contributed by atoms with Crippen LogP contribution < -0.4 is 0 Å². The predicted molar refractivity (Wildman–Crippen MR) is 106 cm³/mol. The molecule has 1 fully saturated rings. The number of nitrogens with zero attached hydrogens (tertiary/aromatic N) is 4. The largest absolute Gasteiger partial charge is 0.378 e. The first-order chi connectivity index (χ1) is 12.2. The van der Waals surface area contributed by atoms with Crippen molar-refractivity contribution in [2.24, 2.45) is 9.98 Å². The fourth-order valence-corrected chi connectivity index (χ4v) is 2.75. The lowest BCUT2D eigenvalue weighted by Crippen LogP contribution is -2.41. The van der Waals surface area contributed by atoms with Gasteiger partial charge in [-0.05, 0) is 18.6 Å². The minimum atomic E-state index is 0.733. The summed E-state index contributed by atoms with van der Waals surface area (Å²) < 4.78 is 5.49. The number of hydrogen-bond donors (Lipinski definition) is 0. The zero-order chi connectivity index (χ0) is 17.9. The predicted octanol–water partition coefficient (Wildman–Crippen LogP) is 3.94. The standard InChI is InChI=1S/C20H32N4O/c1-4-5-6-10-13-19(23(2)3)22-20(24-14-16-25-17-15-24)21-18-11-8-7-9-12-18/h7-9,11-12H,4-6,10,13-17H2,1-3H3/b21-20?,22-19+. The molecular formula is C20H32N4O. The van der Waals surface area contributed by atoms with Crippen LogP contribution in [0.3, 0.4) is 0 Å². The quantitative estimate of drug-likeness (QED) is 0.446. The number of para-hydroxylation sites is 1. The highest BCUT2D eigenvalue weighted by Gasteiger charge is 2.16. The number of aliphatic imine (C=N–C) groups is 2. The zero-order valence-corrected chi connectivity index (χ0v) is 15.9. The Kier molecular flexibility index (Phi) is 8.46. The second-order valence-corrected chi connectivity index (χ2v) is 6.58. The molecule has 0 saturated carbocycles. The summed E-state index contributed by atoms with van der Waals surface area (Å²) in [6, 6.07) is 10.1. The second kappa shape index (κ2) is 10.9.